The fraction of sp³-hybridized carbons (Fsp3) is 0.764. The van der Waals surface area contributed by atoms with Gasteiger partial charge in [0.25, 0.3) is 0 Å². The van der Waals surface area contributed by atoms with Gasteiger partial charge in [0.2, 0.25) is 29.5 Å². The Morgan fingerprint density at radius 2 is 0.981 bits per heavy atom. The first-order chi connectivity index (χ1) is 49.0. The zero-order valence-electron chi connectivity index (χ0n) is 61.0. The fourth-order valence-corrected chi connectivity index (χ4v) is 11.4. The molecule has 103 heavy (non-hydrogen) atoms. The number of aromatic amines is 1. The predicted molar refractivity (Wildman–Crippen MR) is 376 cm³/mol. The molecule has 31 heteroatoms. The number of nitrogens with two attached hydrogens (primary N) is 2. The van der Waals surface area contributed by atoms with Crippen LogP contribution in [0.1, 0.15) is 232 Å². The second-order valence-corrected chi connectivity index (χ2v) is 27.2. The van der Waals surface area contributed by atoms with Gasteiger partial charge in [-0.15, -0.1) is 0 Å². The molecule has 7 atom stereocenters. The van der Waals surface area contributed by atoms with E-state index in [1.165, 1.54) is 45.4 Å². The number of amides is 5. The number of H-pyrrole nitrogens is 1. The number of aliphatic carboxylic acids is 4. The molecule has 1 aromatic rings. The normalized spacial score (nSPS) is 13.5. The average molecular weight is 1470 g/mol. The number of aromatic nitrogens is 2. The number of carbonyl (C=O) groups is 14. The molecule has 0 saturated carbocycles. The van der Waals surface area contributed by atoms with E-state index < -0.39 is 120 Å². The first kappa shape index (κ1) is 93.6. The number of primary amides is 1. The van der Waals surface area contributed by atoms with Crippen LogP contribution in [0.4, 0.5) is 0 Å². The van der Waals surface area contributed by atoms with Crippen LogP contribution in [-0.4, -0.2) is 209 Å². The maximum absolute atomic E-state index is 13.5. The van der Waals surface area contributed by atoms with Gasteiger partial charge in [-0.05, 0) is 64.7 Å². The van der Waals surface area contributed by atoms with Gasteiger partial charge in [-0.25, -0.2) is 9.78 Å². The molecule has 0 bridgehead atoms. The van der Waals surface area contributed by atoms with Gasteiger partial charge >= 0.3 is 23.9 Å². The number of hydrogen-bond acceptors (Lipinski definition) is 21. The number of ketones is 5. The third-order valence-electron chi connectivity index (χ3n) is 17.8. The van der Waals surface area contributed by atoms with Gasteiger partial charge in [-0.1, -0.05) is 97.3 Å². The molecular formula is C72H120N8O23. The van der Waals surface area contributed by atoms with Crippen molar-refractivity contribution in [1.82, 2.24) is 31.2 Å². The topological polar surface area (TPSA) is 506 Å². The van der Waals surface area contributed by atoms with E-state index >= 15 is 0 Å². The summed E-state index contributed by atoms with van der Waals surface area (Å²) in [6.07, 6.45) is 16.6. The summed E-state index contributed by atoms with van der Waals surface area (Å²) in [5, 5.41) is 58.1. The number of imidazole rings is 1. The Morgan fingerprint density at radius 1 is 0.495 bits per heavy atom. The number of nitrogens with zero attached hydrogens (tertiary/aromatic N) is 1. The Balaban J connectivity index is 2.27. The number of carboxylic acids is 4. The second-order valence-electron chi connectivity index (χ2n) is 27.2. The highest BCUT2D eigenvalue weighted by Gasteiger charge is 2.34. The third kappa shape index (κ3) is 49.0. The van der Waals surface area contributed by atoms with Gasteiger partial charge in [0.1, 0.15) is 36.6 Å². The molecule has 31 nitrogen and oxygen atoms in total. The highest BCUT2D eigenvalue weighted by atomic mass is 16.5. The monoisotopic (exact) mass is 1460 g/mol. The van der Waals surface area contributed by atoms with E-state index in [0.29, 0.717) is 37.8 Å². The number of carboxylic acid groups (broad SMARTS) is 4. The Labute approximate surface area is 605 Å². The van der Waals surface area contributed by atoms with Crippen molar-refractivity contribution in [3.8, 4) is 0 Å². The van der Waals surface area contributed by atoms with Crippen molar-refractivity contribution in [3.05, 3.63) is 18.2 Å². The lowest BCUT2D eigenvalue weighted by atomic mass is 9.78. The van der Waals surface area contributed by atoms with E-state index in [9.17, 15) is 87.5 Å². The van der Waals surface area contributed by atoms with Crippen molar-refractivity contribution in [3.63, 3.8) is 0 Å². The molecule has 0 radical (unpaired) electrons. The number of carbonyl (C=O) groups excluding carboxylic acids is 10. The molecule has 1 aromatic heterocycles. The summed E-state index contributed by atoms with van der Waals surface area (Å²) in [4.78, 5) is 180. The van der Waals surface area contributed by atoms with Crippen LogP contribution in [0.25, 0.3) is 0 Å². The zero-order chi connectivity index (χ0) is 76.8. The minimum Gasteiger partial charge on any atom is -0.481 e. The maximum atomic E-state index is 13.5. The summed E-state index contributed by atoms with van der Waals surface area (Å²) >= 11 is 0. The smallest absolute Gasteiger partial charge is 0.326 e. The van der Waals surface area contributed by atoms with E-state index in [1.54, 1.807) is 20.0 Å². The van der Waals surface area contributed by atoms with Gasteiger partial charge in [-0.2, -0.15) is 0 Å². The number of hydrogen-bond donors (Lipinski definition) is 12. The van der Waals surface area contributed by atoms with Crippen molar-refractivity contribution < 1.29 is 112 Å². The maximum Gasteiger partial charge on any atom is 0.326 e. The van der Waals surface area contributed by atoms with E-state index in [2.05, 4.69) is 31.2 Å². The molecule has 0 aliphatic rings. The van der Waals surface area contributed by atoms with E-state index in [-0.39, 0.29) is 178 Å². The van der Waals surface area contributed by atoms with Crippen molar-refractivity contribution in [2.45, 2.75) is 251 Å². The highest BCUT2D eigenvalue weighted by Crippen LogP contribution is 2.29. The Kier molecular flexibility index (Phi) is 51.7. The van der Waals surface area contributed by atoms with Gasteiger partial charge in [0.05, 0.1) is 75.9 Å². The summed E-state index contributed by atoms with van der Waals surface area (Å²) in [5.41, 5.74) is 11.1. The number of aliphatic hydroxyl groups excluding tert-OH is 1. The lowest BCUT2D eigenvalue weighted by Gasteiger charge is -2.25. The molecule has 0 aliphatic heterocycles. The quantitative estimate of drug-likeness (QED) is 0.0373. The summed E-state index contributed by atoms with van der Waals surface area (Å²) < 4.78 is 21.4. The van der Waals surface area contributed by atoms with Crippen LogP contribution in [0.5, 0.6) is 0 Å². The Bertz CT molecular complexity index is 2710. The van der Waals surface area contributed by atoms with Crippen molar-refractivity contribution in [2.75, 3.05) is 72.5 Å². The van der Waals surface area contributed by atoms with Crippen LogP contribution in [0, 0.1) is 29.1 Å². The lowest BCUT2D eigenvalue weighted by molar-refractivity contribution is -0.145. The first-order valence-corrected chi connectivity index (χ1v) is 36.7. The number of ether oxygens (including phenoxy) is 4. The van der Waals surface area contributed by atoms with Gasteiger partial charge < -0.3 is 82.2 Å². The summed E-state index contributed by atoms with van der Waals surface area (Å²) in [7, 11) is 0. The molecule has 1 rings (SSSR count). The number of unbranched alkanes of at least 4 members (excludes halogenated alkanes) is 14. The molecule has 0 spiro atoms. The molecule has 5 amide bonds. The van der Waals surface area contributed by atoms with Crippen LogP contribution in [0.2, 0.25) is 0 Å². The Morgan fingerprint density at radius 3 is 1.50 bits per heavy atom. The SMILES string of the molecule is C[C@@H](O)[C@H](CCC(=O)[C@H](CCCCNC(=O)CC[C@H](NC(=O)CC[C@H](CC(=O)COCCOCCNC(=O)COCCOCCNC(=O)CC[C@H](CC(=O)CCCCCCCCCCCCCCCCC(=O)O)C(=O)O)C(=O)O)C(=O)O)CCC(=O)C(C)(C)CC(=O)[C@@H](N)Cc1cnc[nH]1)C(N)=O. The average Bonchev–Trinajstić information content (AvgIpc) is 1.42. The van der Waals surface area contributed by atoms with Crippen molar-refractivity contribution >= 4 is 82.3 Å². The number of rotatable bonds is 70. The summed E-state index contributed by atoms with van der Waals surface area (Å²) in [5.74, 6) is -12.9. The number of Topliss-reactive ketones (excluding diaryl/α,β-unsaturated/α-hetero) is 5. The number of aliphatic hydroxyl groups is 1. The third-order valence-corrected chi connectivity index (χ3v) is 17.8. The van der Waals surface area contributed by atoms with Crippen LogP contribution in [0.15, 0.2) is 12.5 Å². The van der Waals surface area contributed by atoms with Crippen LogP contribution < -0.4 is 32.7 Å². The fourth-order valence-electron chi connectivity index (χ4n) is 11.4. The molecule has 0 unspecified atom stereocenters. The van der Waals surface area contributed by atoms with Crippen LogP contribution in [-0.2, 0) is 92.5 Å². The Hall–Kier alpha value is -7.45. The number of nitrogens with one attached hydrogen (secondary N) is 5. The lowest BCUT2D eigenvalue weighted by Crippen LogP contribution is -2.42. The molecule has 1 heterocycles. The second kappa shape index (κ2) is 56.9. The predicted octanol–water partition coefficient (Wildman–Crippen LogP) is 5.20. The van der Waals surface area contributed by atoms with Crippen molar-refractivity contribution in [1.29, 1.82) is 0 Å². The van der Waals surface area contributed by atoms with Gasteiger partial charge in [-0.3, -0.25) is 62.3 Å². The standard InChI is InChI=1S/C72H120N8O23/c1-50(81)57(68(74)93)26-28-60(84)51(23-29-62(86)72(2,3)45-61(85)58(73)44-54-46-75-49-79-54)20-18-19-33-76-64(88)32-27-59(71(98)99)80-65(89)31-25-53(70(96)97)43-56(83)47-102-40-38-101-37-35-78-66(90)48-103-41-39-100-36-34-77-63(87)30-24-52(69(94)95)42-55(82)21-16-14-12-10-8-6-4-5-7-9-11-13-15-17-22-67(91)92/h46,49-53,57-59,81H,4-45,47-48,73H2,1-3H3,(H2,74,93)(H,75,79)(H,76,88)(H,77,87)(H,78,90)(H,80,89)(H,91,92)(H,94,95)(H,96,97)(H,98,99)/t50-,51-,52-,53-,57+,58+,59+/m1/s1. The van der Waals surface area contributed by atoms with E-state index in [0.717, 1.165) is 51.4 Å². The molecule has 0 fully saturated rings. The highest BCUT2D eigenvalue weighted by molar-refractivity contribution is 5.93. The summed E-state index contributed by atoms with van der Waals surface area (Å²) in [6.45, 7) is 4.82. The minimum absolute atomic E-state index is 0.00429. The molecule has 0 saturated heterocycles. The largest absolute Gasteiger partial charge is 0.481 e. The van der Waals surface area contributed by atoms with Gasteiger partial charge in [0, 0.05) is 113 Å². The molecule has 14 N–H and O–H groups in total. The molecular weight excluding hydrogens is 1340 g/mol. The van der Waals surface area contributed by atoms with Gasteiger partial charge in [0.15, 0.2) is 11.6 Å². The van der Waals surface area contributed by atoms with Crippen molar-refractivity contribution in [2.24, 2.45) is 40.6 Å². The molecule has 0 aromatic carbocycles. The first-order valence-electron chi connectivity index (χ1n) is 36.7. The minimum atomic E-state index is -1.50. The van der Waals surface area contributed by atoms with Crippen LogP contribution >= 0.6 is 0 Å². The molecule has 586 valence electrons. The zero-order valence-corrected chi connectivity index (χ0v) is 61.0. The van der Waals surface area contributed by atoms with E-state index in [4.69, 9.17) is 35.5 Å². The summed E-state index contributed by atoms with van der Waals surface area (Å²) in [6, 6.07) is -2.37. The van der Waals surface area contributed by atoms with E-state index in [1.807, 2.05) is 0 Å². The van der Waals surface area contributed by atoms with Crippen LogP contribution in [0.3, 0.4) is 0 Å². The molecule has 0 aliphatic carbocycles.